The fraction of sp³-hybridized carbons (Fsp3) is 0.265. The molecule has 4 aromatic rings. The van der Waals surface area contributed by atoms with Crippen molar-refractivity contribution in [3.63, 3.8) is 0 Å². The first-order valence-corrected chi connectivity index (χ1v) is 13.9. The maximum Gasteiger partial charge on any atom is 0.229 e. The first-order valence-electron chi connectivity index (χ1n) is 13.9. The number of fused-ring (bicyclic) bond motifs is 3. The van der Waals surface area contributed by atoms with E-state index in [0.29, 0.717) is 35.0 Å². The number of unbranched alkanes of at least 4 members (excludes halogenated alkanes) is 1. The van der Waals surface area contributed by atoms with Crippen molar-refractivity contribution >= 4 is 22.3 Å². The smallest absolute Gasteiger partial charge is 0.229 e. The second-order valence-corrected chi connectivity index (χ2v) is 10.2. The van der Waals surface area contributed by atoms with E-state index in [4.69, 9.17) is 18.6 Å². The largest absolute Gasteiger partial charge is 0.494 e. The molecule has 6 rings (SSSR count). The molecule has 0 saturated carbocycles. The Labute approximate surface area is 234 Å². The van der Waals surface area contributed by atoms with Gasteiger partial charge in [-0.1, -0.05) is 49.0 Å². The number of benzene rings is 3. The average Bonchev–Trinajstić information content (AvgIpc) is 3.38. The molecule has 6 heteroatoms. The molecule has 6 nitrogen and oxygen atoms in total. The van der Waals surface area contributed by atoms with E-state index in [9.17, 15) is 4.79 Å². The molecule has 0 unspecified atom stereocenters. The van der Waals surface area contributed by atoms with Crippen LogP contribution in [0.15, 0.2) is 89.6 Å². The first-order chi connectivity index (χ1) is 19.6. The Morgan fingerprint density at radius 3 is 2.65 bits per heavy atom. The molecule has 0 aliphatic carbocycles. The molecule has 3 aromatic carbocycles. The van der Waals surface area contributed by atoms with E-state index in [0.717, 1.165) is 73.3 Å². The molecular formula is C34H33NO5. The quantitative estimate of drug-likeness (QED) is 0.168. The van der Waals surface area contributed by atoms with Gasteiger partial charge in [0.15, 0.2) is 5.76 Å². The number of carbonyl (C=O) groups excluding carboxylic acids is 1. The Balaban J connectivity index is 1.27. The van der Waals surface area contributed by atoms with Crippen LogP contribution < -0.4 is 9.47 Å². The van der Waals surface area contributed by atoms with Gasteiger partial charge in [-0.05, 0) is 67.8 Å². The normalized spacial score (nSPS) is 15.4. The van der Waals surface area contributed by atoms with E-state index in [1.807, 2.05) is 67.6 Å². The van der Waals surface area contributed by atoms with Crippen LogP contribution in [0.25, 0.3) is 27.7 Å². The van der Waals surface area contributed by atoms with Crippen molar-refractivity contribution in [2.45, 2.75) is 19.8 Å². The van der Waals surface area contributed by atoms with Gasteiger partial charge in [-0.25, -0.2) is 0 Å². The fourth-order valence-electron chi connectivity index (χ4n) is 5.41. The zero-order chi connectivity index (χ0) is 27.5. The van der Waals surface area contributed by atoms with Crippen LogP contribution in [0.1, 0.15) is 41.4 Å². The van der Waals surface area contributed by atoms with Crippen molar-refractivity contribution in [2.24, 2.45) is 0 Å². The zero-order valence-corrected chi connectivity index (χ0v) is 22.8. The Morgan fingerprint density at radius 1 is 1.00 bits per heavy atom. The topological polar surface area (TPSA) is 61.1 Å². The van der Waals surface area contributed by atoms with Gasteiger partial charge in [-0.2, -0.15) is 0 Å². The summed E-state index contributed by atoms with van der Waals surface area (Å²) in [5.41, 5.74) is 4.71. The molecule has 2 aliphatic heterocycles. The van der Waals surface area contributed by atoms with Crippen LogP contribution in [-0.2, 0) is 4.74 Å². The maximum atomic E-state index is 14.0. The number of hydrogen-bond acceptors (Lipinski definition) is 6. The lowest BCUT2D eigenvalue weighted by molar-refractivity contribution is 0.0368. The first kappa shape index (κ1) is 26.1. The molecule has 40 heavy (non-hydrogen) atoms. The summed E-state index contributed by atoms with van der Waals surface area (Å²) in [5.74, 6) is 1.97. The molecule has 1 fully saturated rings. The minimum atomic E-state index is -0.205. The van der Waals surface area contributed by atoms with E-state index in [2.05, 4.69) is 11.5 Å². The summed E-state index contributed by atoms with van der Waals surface area (Å²) in [6, 6.07) is 21.0. The molecule has 1 saturated heterocycles. The third-order valence-electron chi connectivity index (χ3n) is 7.45. The molecule has 0 atom stereocenters. The number of ether oxygens (including phenoxy) is 3. The number of carbonyl (C=O) groups is 1. The van der Waals surface area contributed by atoms with E-state index in [1.165, 1.54) is 0 Å². The van der Waals surface area contributed by atoms with Gasteiger partial charge in [-0.3, -0.25) is 9.69 Å². The third-order valence-corrected chi connectivity index (χ3v) is 7.45. The van der Waals surface area contributed by atoms with Crippen molar-refractivity contribution in [2.75, 3.05) is 39.5 Å². The van der Waals surface area contributed by atoms with Gasteiger partial charge in [0.25, 0.3) is 0 Å². The van der Waals surface area contributed by atoms with Gasteiger partial charge in [0.05, 0.1) is 25.2 Å². The lowest BCUT2D eigenvalue weighted by Gasteiger charge is -2.26. The maximum absolute atomic E-state index is 14.0. The highest BCUT2D eigenvalue weighted by molar-refractivity contribution is 6.17. The summed E-state index contributed by atoms with van der Waals surface area (Å²) < 4.78 is 23.9. The van der Waals surface area contributed by atoms with Gasteiger partial charge in [-0.15, -0.1) is 0 Å². The van der Waals surface area contributed by atoms with Crippen molar-refractivity contribution in [1.82, 2.24) is 4.90 Å². The summed E-state index contributed by atoms with van der Waals surface area (Å²) in [6.07, 6.45) is 3.92. The van der Waals surface area contributed by atoms with E-state index in [-0.39, 0.29) is 11.5 Å². The van der Waals surface area contributed by atoms with Crippen LogP contribution >= 0.6 is 0 Å². The van der Waals surface area contributed by atoms with Gasteiger partial charge >= 0.3 is 0 Å². The molecule has 0 N–H and O–H groups in total. The van der Waals surface area contributed by atoms with Crippen LogP contribution in [0.2, 0.25) is 0 Å². The summed E-state index contributed by atoms with van der Waals surface area (Å²) in [5, 5.41) is 0.772. The van der Waals surface area contributed by atoms with Gasteiger partial charge in [0.2, 0.25) is 5.78 Å². The number of ketones is 1. The highest BCUT2D eigenvalue weighted by Gasteiger charge is 2.28. The third kappa shape index (κ3) is 5.33. The number of allylic oxidation sites excluding steroid dienone is 2. The second kappa shape index (κ2) is 11.5. The van der Waals surface area contributed by atoms with Gasteiger partial charge < -0.3 is 18.6 Å². The summed E-state index contributed by atoms with van der Waals surface area (Å²) in [6.45, 7) is 11.3. The molecular weight excluding hydrogens is 502 g/mol. The minimum absolute atomic E-state index is 0.205. The number of rotatable bonds is 9. The van der Waals surface area contributed by atoms with Crippen molar-refractivity contribution < 1.29 is 23.4 Å². The number of furan rings is 1. The number of nitrogens with zero attached hydrogens (tertiary/aromatic N) is 1. The van der Waals surface area contributed by atoms with Crippen LogP contribution in [0.4, 0.5) is 0 Å². The predicted molar refractivity (Wildman–Crippen MR) is 157 cm³/mol. The molecule has 204 valence electrons. The highest BCUT2D eigenvalue weighted by atomic mass is 16.5. The van der Waals surface area contributed by atoms with Crippen molar-refractivity contribution in [3.05, 3.63) is 102 Å². The minimum Gasteiger partial charge on any atom is -0.494 e. The Kier molecular flexibility index (Phi) is 7.53. The van der Waals surface area contributed by atoms with Gasteiger partial charge in [0, 0.05) is 29.8 Å². The van der Waals surface area contributed by atoms with E-state index >= 15 is 0 Å². The standard InChI is InChI=1S/C34H33NO5/c1-23-21-24(2)39-33-28(23)13-14-29-31(33)30(25-9-4-3-5-10-25)34(40-29)32(36)26-11-8-12-27(22-26)38-18-7-6-15-35-16-19-37-20-17-35/h3-5,8-14,21-22H,2,6-7,15-20H2,1H3. The zero-order valence-electron chi connectivity index (χ0n) is 22.8. The lowest BCUT2D eigenvalue weighted by atomic mass is 9.94. The monoisotopic (exact) mass is 535 g/mol. The van der Waals surface area contributed by atoms with Crippen LogP contribution in [0.3, 0.4) is 0 Å². The molecule has 0 spiro atoms. The van der Waals surface area contributed by atoms with Crippen LogP contribution in [0.5, 0.6) is 11.5 Å². The highest BCUT2D eigenvalue weighted by Crippen LogP contribution is 2.46. The lowest BCUT2D eigenvalue weighted by Crippen LogP contribution is -2.36. The molecule has 1 aromatic heterocycles. The summed E-state index contributed by atoms with van der Waals surface area (Å²) in [4.78, 5) is 16.4. The Morgan fingerprint density at radius 2 is 1.82 bits per heavy atom. The van der Waals surface area contributed by atoms with Crippen LogP contribution in [-0.4, -0.2) is 50.1 Å². The SMILES string of the molecule is C=C1C=C(C)c2ccc3oc(C(=O)c4cccc(OCCCCN5CCOCC5)c4)c(-c4ccccc4)c3c2O1. The van der Waals surface area contributed by atoms with Crippen molar-refractivity contribution in [3.8, 4) is 22.6 Å². The van der Waals surface area contributed by atoms with E-state index in [1.54, 1.807) is 12.1 Å². The summed E-state index contributed by atoms with van der Waals surface area (Å²) in [7, 11) is 0. The molecule has 0 amide bonds. The second-order valence-electron chi connectivity index (χ2n) is 10.2. The van der Waals surface area contributed by atoms with Gasteiger partial charge in [0.1, 0.15) is 22.8 Å². The Bertz CT molecular complexity index is 1580. The predicted octanol–water partition coefficient (Wildman–Crippen LogP) is 7.13. The fourth-order valence-corrected chi connectivity index (χ4v) is 5.41. The number of morpholine rings is 1. The molecule has 0 radical (unpaired) electrons. The number of hydrogen-bond donors (Lipinski definition) is 0. The van der Waals surface area contributed by atoms with Crippen LogP contribution in [0, 0.1) is 0 Å². The van der Waals surface area contributed by atoms with Crippen molar-refractivity contribution in [1.29, 1.82) is 0 Å². The van der Waals surface area contributed by atoms with E-state index < -0.39 is 0 Å². The Hall–Kier alpha value is -4.13. The molecule has 2 aliphatic rings. The summed E-state index contributed by atoms with van der Waals surface area (Å²) >= 11 is 0. The molecule has 3 heterocycles. The average molecular weight is 536 g/mol. The molecule has 0 bridgehead atoms.